The van der Waals surface area contributed by atoms with Crippen LogP contribution in [0.1, 0.15) is 47.6 Å². The summed E-state index contributed by atoms with van der Waals surface area (Å²) in [6, 6.07) is 12.2. The lowest BCUT2D eigenvalue weighted by molar-refractivity contribution is -0.121. The van der Waals surface area contributed by atoms with Gasteiger partial charge in [-0.25, -0.2) is 4.98 Å². The van der Waals surface area contributed by atoms with Crippen molar-refractivity contribution in [3.05, 3.63) is 71.8 Å². The van der Waals surface area contributed by atoms with Crippen molar-refractivity contribution in [1.29, 1.82) is 0 Å². The van der Waals surface area contributed by atoms with Crippen LogP contribution >= 0.6 is 0 Å². The fourth-order valence-electron chi connectivity index (χ4n) is 3.43. The second-order valence-electron chi connectivity index (χ2n) is 7.55. The van der Waals surface area contributed by atoms with Crippen LogP contribution < -0.4 is 19.5 Å². The van der Waals surface area contributed by atoms with E-state index in [1.54, 1.807) is 31.5 Å². The molecule has 174 valence electrons. The molecular weight excluding hydrogens is 422 g/mol. The van der Waals surface area contributed by atoms with E-state index in [1.807, 2.05) is 42.1 Å². The molecule has 33 heavy (non-hydrogen) atoms. The van der Waals surface area contributed by atoms with Crippen LogP contribution in [0.15, 0.2) is 54.9 Å². The van der Waals surface area contributed by atoms with Crippen LogP contribution in [0.4, 0.5) is 0 Å². The summed E-state index contributed by atoms with van der Waals surface area (Å²) in [7, 11) is 5.02. The van der Waals surface area contributed by atoms with Crippen LogP contribution in [0.25, 0.3) is 0 Å². The van der Waals surface area contributed by atoms with Crippen LogP contribution in [0, 0.1) is 0 Å². The number of aryl methyl sites for hydroxylation is 1. The first kappa shape index (κ1) is 23.8. The summed E-state index contributed by atoms with van der Waals surface area (Å²) >= 11 is 0. The van der Waals surface area contributed by atoms with Crippen LogP contribution in [-0.4, -0.2) is 42.1 Å². The van der Waals surface area contributed by atoms with E-state index in [0.29, 0.717) is 35.8 Å². The number of Topliss-reactive ketones (excluding diaryl/α,β-unsaturated/α-hetero) is 1. The highest BCUT2D eigenvalue weighted by molar-refractivity contribution is 5.94. The predicted molar refractivity (Wildman–Crippen MR) is 124 cm³/mol. The predicted octanol–water partition coefficient (Wildman–Crippen LogP) is 3.70. The van der Waals surface area contributed by atoms with Crippen LogP contribution in [0.2, 0.25) is 0 Å². The zero-order chi connectivity index (χ0) is 23.8. The molecule has 0 saturated heterocycles. The number of hydrogen-bond donors (Lipinski definition) is 1. The number of imidazole rings is 1. The van der Waals surface area contributed by atoms with E-state index in [1.165, 1.54) is 14.0 Å². The Morgan fingerprint density at radius 2 is 1.91 bits per heavy atom. The third-order valence-electron chi connectivity index (χ3n) is 5.22. The molecule has 0 bridgehead atoms. The molecule has 0 spiro atoms. The van der Waals surface area contributed by atoms with Gasteiger partial charge in [0, 0.05) is 31.4 Å². The summed E-state index contributed by atoms with van der Waals surface area (Å²) in [5.41, 5.74) is 1.43. The summed E-state index contributed by atoms with van der Waals surface area (Å²) in [6.45, 7) is 1.83. The number of ketones is 1. The molecule has 1 N–H and O–H groups in total. The number of rotatable bonds is 11. The topological polar surface area (TPSA) is 91.7 Å². The first-order valence-corrected chi connectivity index (χ1v) is 10.6. The summed E-state index contributed by atoms with van der Waals surface area (Å²) in [5, 5.41) is 3.07. The highest BCUT2D eigenvalue weighted by Crippen LogP contribution is 2.28. The van der Waals surface area contributed by atoms with E-state index in [2.05, 4.69) is 10.3 Å². The summed E-state index contributed by atoms with van der Waals surface area (Å²) in [4.78, 5) is 28.7. The molecule has 1 amide bonds. The summed E-state index contributed by atoms with van der Waals surface area (Å²) in [6.07, 6.45) is 4.33. The van der Waals surface area contributed by atoms with Gasteiger partial charge in [-0.1, -0.05) is 12.1 Å². The number of carbonyl (C=O) groups excluding carboxylic acids is 2. The first-order valence-electron chi connectivity index (χ1n) is 10.6. The molecule has 0 radical (unpaired) electrons. The van der Waals surface area contributed by atoms with Crippen molar-refractivity contribution in [2.75, 3.05) is 20.8 Å². The van der Waals surface area contributed by atoms with Crippen molar-refractivity contribution >= 4 is 11.7 Å². The Kier molecular flexibility index (Phi) is 8.07. The summed E-state index contributed by atoms with van der Waals surface area (Å²) < 4.78 is 18.3. The number of amides is 1. The second-order valence-corrected chi connectivity index (χ2v) is 7.55. The maximum absolute atomic E-state index is 12.7. The minimum absolute atomic E-state index is 0.0465. The highest BCUT2D eigenvalue weighted by atomic mass is 16.5. The Morgan fingerprint density at radius 3 is 2.58 bits per heavy atom. The molecule has 3 rings (SSSR count). The fourth-order valence-corrected chi connectivity index (χ4v) is 3.43. The maximum Gasteiger partial charge on any atom is 0.220 e. The number of hydrogen-bond acceptors (Lipinski definition) is 6. The molecule has 1 unspecified atom stereocenters. The molecule has 1 heterocycles. The molecule has 8 nitrogen and oxygen atoms in total. The Hall–Kier alpha value is -3.81. The molecule has 8 heteroatoms. The third kappa shape index (κ3) is 6.12. The van der Waals surface area contributed by atoms with Gasteiger partial charge in [-0.15, -0.1) is 0 Å². The van der Waals surface area contributed by atoms with Crippen molar-refractivity contribution in [2.45, 2.75) is 25.8 Å². The van der Waals surface area contributed by atoms with Crippen molar-refractivity contribution in [1.82, 2.24) is 14.9 Å². The van der Waals surface area contributed by atoms with E-state index in [9.17, 15) is 9.59 Å². The summed E-state index contributed by atoms with van der Waals surface area (Å²) in [5.74, 6) is 2.29. The molecule has 0 aliphatic rings. The molecule has 2 aromatic carbocycles. The molecular formula is C25H29N3O5. The number of nitrogens with zero attached hydrogens (tertiary/aromatic N) is 2. The fraction of sp³-hybridized carbons (Fsp3) is 0.320. The Balaban J connectivity index is 1.61. The van der Waals surface area contributed by atoms with E-state index in [4.69, 9.17) is 14.2 Å². The van der Waals surface area contributed by atoms with Gasteiger partial charge in [-0.05, 0) is 49.2 Å². The highest BCUT2D eigenvalue weighted by Gasteiger charge is 2.21. The van der Waals surface area contributed by atoms with E-state index in [0.717, 1.165) is 11.4 Å². The van der Waals surface area contributed by atoms with Gasteiger partial charge in [-0.3, -0.25) is 9.59 Å². The van der Waals surface area contributed by atoms with Gasteiger partial charge < -0.3 is 24.1 Å². The van der Waals surface area contributed by atoms with Crippen LogP contribution in [0.5, 0.6) is 17.2 Å². The molecule has 0 saturated carbocycles. The average molecular weight is 452 g/mol. The Bertz CT molecular complexity index is 1110. The van der Waals surface area contributed by atoms with Gasteiger partial charge in [0.25, 0.3) is 0 Å². The lowest BCUT2D eigenvalue weighted by Crippen LogP contribution is -2.31. The van der Waals surface area contributed by atoms with Gasteiger partial charge in [0.15, 0.2) is 17.3 Å². The minimum Gasteiger partial charge on any atom is -0.497 e. The molecule has 3 aromatic rings. The molecule has 0 aliphatic heterocycles. The molecule has 0 fully saturated rings. The van der Waals surface area contributed by atoms with Gasteiger partial charge >= 0.3 is 0 Å². The van der Waals surface area contributed by atoms with Crippen molar-refractivity contribution in [2.24, 2.45) is 7.05 Å². The zero-order valence-electron chi connectivity index (χ0n) is 19.3. The zero-order valence-corrected chi connectivity index (χ0v) is 19.3. The number of aromatic nitrogens is 2. The normalized spacial score (nSPS) is 11.5. The Morgan fingerprint density at radius 1 is 1.09 bits per heavy atom. The van der Waals surface area contributed by atoms with Gasteiger partial charge in [0.05, 0.1) is 20.8 Å². The van der Waals surface area contributed by atoms with Crippen LogP contribution in [0.3, 0.4) is 0 Å². The smallest absolute Gasteiger partial charge is 0.220 e. The third-order valence-corrected chi connectivity index (χ3v) is 5.22. The van der Waals surface area contributed by atoms with E-state index >= 15 is 0 Å². The number of carbonyl (C=O) groups is 2. The van der Waals surface area contributed by atoms with Crippen molar-refractivity contribution < 1.29 is 23.8 Å². The van der Waals surface area contributed by atoms with E-state index < -0.39 is 6.04 Å². The largest absolute Gasteiger partial charge is 0.497 e. The minimum atomic E-state index is -0.410. The van der Waals surface area contributed by atoms with Gasteiger partial charge in [0.2, 0.25) is 5.91 Å². The Labute approximate surface area is 193 Å². The quantitative estimate of drug-likeness (QED) is 0.353. The number of methoxy groups -OCH3 is 2. The van der Waals surface area contributed by atoms with Gasteiger partial charge in [-0.2, -0.15) is 0 Å². The number of nitrogens with one attached hydrogen (secondary N) is 1. The first-order chi connectivity index (χ1) is 15.9. The number of benzene rings is 2. The lowest BCUT2D eigenvalue weighted by atomic mass is 10.1. The molecule has 1 atom stereocenters. The van der Waals surface area contributed by atoms with Crippen molar-refractivity contribution in [3.8, 4) is 17.2 Å². The molecule has 1 aromatic heterocycles. The van der Waals surface area contributed by atoms with Gasteiger partial charge in [0.1, 0.15) is 17.6 Å². The van der Waals surface area contributed by atoms with E-state index in [-0.39, 0.29) is 18.1 Å². The second kappa shape index (κ2) is 11.2. The SMILES string of the molecule is COc1cccc(C(NC(=O)CCCOc2ccc(C(C)=O)cc2OC)c2nccn2C)c1. The standard InChI is InChI=1S/C25H29N3O5/c1-17(29)18-10-11-21(22(16-18)32-4)33-14-6-9-23(30)27-24(25-26-12-13-28(25)2)19-7-5-8-20(15-19)31-3/h5,7-8,10-13,15-16,24H,6,9,14H2,1-4H3,(H,27,30). The number of ether oxygens (including phenoxy) is 3. The monoisotopic (exact) mass is 451 g/mol. The lowest BCUT2D eigenvalue weighted by Gasteiger charge is -2.20. The van der Waals surface area contributed by atoms with Crippen molar-refractivity contribution in [3.63, 3.8) is 0 Å². The van der Waals surface area contributed by atoms with Crippen LogP contribution in [-0.2, 0) is 11.8 Å². The average Bonchev–Trinajstić information content (AvgIpc) is 3.25. The molecule has 0 aliphatic carbocycles. The maximum atomic E-state index is 12.7.